The number of aryl methyl sites for hydroxylation is 1. The van der Waals surface area contributed by atoms with E-state index in [1.54, 1.807) is 5.57 Å². The lowest BCUT2D eigenvalue weighted by Crippen LogP contribution is -2.15. The monoisotopic (exact) mass is 440 g/mol. The molecule has 1 aromatic rings. The van der Waals surface area contributed by atoms with Crippen molar-refractivity contribution in [1.82, 2.24) is 0 Å². The normalized spacial score (nSPS) is 24.0. The molecule has 0 heterocycles. The molecule has 1 unspecified atom stereocenters. The molecule has 176 valence electrons. The Kier molecular flexibility index (Phi) is 10.2. The van der Waals surface area contributed by atoms with E-state index in [4.69, 9.17) is 0 Å². The number of allylic oxidation sites excluding steroid dienone is 5. The average Bonchev–Trinajstić information content (AvgIpc) is 2.81. The van der Waals surface area contributed by atoms with Gasteiger partial charge in [-0.25, -0.2) is 8.78 Å². The Morgan fingerprint density at radius 1 is 1.00 bits per heavy atom. The maximum absolute atomic E-state index is 14.9. The summed E-state index contributed by atoms with van der Waals surface area (Å²) in [5, 5.41) is 0. The first-order valence-corrected chi connectivity index (χ1v) is 13.0. The zero-order valence-electron chi connectivity index (χ0n) is 20.1. The highest BCUT2D eigenvalue weighted by molar-refractivity contribution is 5.30. The van der Waals surface area contributed by atoms with Gasteiger partial charge in [-0.15, -0.1) is 6.58 Å². The van der Waals surface area contributed by atoms with Crippen molar-refractivity contribution >= 4 is 0 Å². The van der Waals surface area contributed by atoms with Crippen LogP contribution in [0.1, 0.15) is 107 Å². The Morgan fingerprint density at radius 3 is 2.50 bits per heavy atom. The van der Waals surface area contributed by atoms with Gasteiger partial charge in [0.1, 0.15) is 0 Å². The second-order valence-corrected chi connectivity index (χ2v) is 9.99. The minimum atomic E-state index is -0.617. The molecule has 0 radical (unpaired) electrons. The van der Waals surface area contributed by atoms with Crippen LogP contribution in [0.15, 0.2) is 48.6 Å². The number of rotatable bonds is 11. The first-order chi connectivity index (χ1) is 15.6. The highest BCUT2D eigenvalue weighted by atomic mass is 19.2. The lowest BCUT2D eigenvalue weighted by atomic mass is 9.76. The third kappa shape index (κ3) is 7.15. The lowest BCUT2D eigenvalue weighted by Gasteiger charge is -2.29. The smallest absolute Gasteiger partial charge is 0.162 e. The molecule has 0 N–H and O–H groups in total. The summed E-state index contributed by atoms with van der Waals surface area (Å²) >= 11 is 0. The number of unbranched alkanes of at least 4 members (excludes halogenated alkanes) is 1. The summed E-state index contributed by atoms with van der Waals surface area (Å²) in [4.78, 5) is 0. The van der Waals surface area contributed by atoms with Gasteiger partial charge in [0.05, 0.1) is 0 Å². The molecule has 1 aromatic carbocycles. The highest BCUT2D eigenvalue weighted by Gasteiger charge is 2.26. The summed E-state index contributed by atoms with van der Waals surface area (Å²) in [5.41, 5.74) is 2.72. The highest BCUT2D eigenvalue weighted by Crippen LogP contribution is 2.39. The van der Waals surface area contributed by atoms with Crippen LogP contribution in [0.25, 0.3) is 0 Å². The first-order valence-electron chi connectivity index (χ1n) is 13.0. The van der Waals surface area contributed by atoms with Crippen LogP contribution in [0.4, 0.5) is 8.78 Å². The van der Waals surface area contributed by atoms with Crippen LogP contribution in [-0.2, 0) is 6.42 Å². The Balaban J connectivity index is 1.47. The Morgan fingerprint density at radius 2 is 1.81 bits per heavy atom. The molecule has 2 aliphatic carbocycles. The predicted molar refractivity (Wildman–Crippen MR) is 133 cm³/mol. The molecule has 0 aliphatic heterocycles. The molecule has 0 aromatic heterocycles. The molecule has 1 saturated carbocycles. The van der Waals surface area contributed by atoms with E-state index in [1.165, 1.54) is 38.5 Å². The average molecular weight is 441 g/mol. The van der Waals surface area contributed by atoms with Crippen molar-refractivity contribution in [3.63, 3.8) is 0 Å². The van der Waals surface area contributed by atoms with Gasteiger partial charge in [-0.2, -0.15) is 0 Å². The second kappa shape index (κ2) is 13.1. The number of halogens is 2. The summed E-state index contributed by atoms with van der Waals surface area (Å²) in [6, 6.07) is 3.69. The van der Waals surface area contributed by atoms with Crippen molar-refractivity contribution in [1.29, 1.82) is 0 Å². The summed E-state index contributed by atoms with van der Waals surface area (Å²) in [5.74, 6) is 0.303. The largest absolute Gasteiger partial charge is 0.203 e. The molecule has 0 amide bonds. The molecule has 1 atom stereocenters. The predicted octanol–water partition coefficient (Wildman–Crippen LogP) is 9.61. The van der Waals surface area contributed by atoms with Gasteiger partial charge in [0.15, 0.2) is 11.6 Å². The third-order valence-electron chi connectivity index (χ3n) is 7.60. The molecule has 0 nitrogen and oxygen atoms in total. The van der Waals surface area contributed by atoms with E-state index in [0.29, 0.717) is 23.5 Å². The van der Waals surface area contributed by atoms with Crippen LogP contribution in [0.3, 0.4) is 0 Å². The molecule has 0 bridgehead atoms. The number of benzene rings is 1. The number of hydrogen-bond donors (Lipinski definition) is 0. The SMILES string of the molecule is C=CCCCC1CCC(c2ccc(CCC=CC3CC=C(CCC)CC3)c(F)c2F)CC1. The van der Waals surface area contributed by atoms with Crippen molar-refractivity contribution in [2.45, 2.75) is 103 Å². The Hall–Kier alpha value is -1.70. The van der Waals surface area contributed by atoms with Crippen molar-refractivity contribution in [2.75, 3.05) is 0 Å². The van der Waals surface area contributed by atoms with Crippen molar-refractivity contribution in [2.24, 2.45) is 11.8 Å². The molecule has 32 heavy (non-hydrogen) atoms. The van der Waals surface area contributed by atoms with Gasteiger partial charge in [-0.05, 0) is 106 Å². The molecule has 0 spiro atoms. The minimum Gasteiger partial charge on any atom is -0.203 e. The van der Waals surface area contributed by atoms with Crippen molar-refractivity contribution in [3.8, 4) is 0 Å². The topological polar surface area (TPSA) is 0 Å². The molecule has 1 fully saturated rings. The standard InChI is InChI=1S/C30H42F2/c1-3-5-6-10-25-17-19-26(20-18-25)28-22-21-27(29(31)30(28)32)12-8-7-11-24-15-13-23(9-4-2)14-16-24/h3,7,11,13,21-22,24-26H,1,4-6,8-10,12,14-20H2,2H3. The van der Waals surface area contributed by atoms with E-state index in [1.807, 2.05) is 18.2 Å². The lowest BCUT2D eigenvalue weighted by molar-refractivity contribution is 0.300. The molecule has 2 heteroatoms. The quantitative estimate of drug-likeness (QED) is 0.237. The summed E-state index contributed by atoms with van der Waals surface area (Å²) in [6.45, 7) is 6.02. The van der Waals surface area contributed by atoms with Gasteiger partial charge in [-0.3, -0.25) is 0 Å². The fraction of sp³-hybridized carbons (Fsp3) is 0.600. The van der Waals surface area contributed by atoms with E-state index in [-0.39, 0.29) is 5.92 Å². The van der Waals surface area contributed by atoms with Crippen LogP contribution in [0, 0.1) is 23.5 Å². The van der Waals surface area contributed by atoms with Crippen LogP contribution in [-0.4, -0.2) is 0 Å². The summed E-state index contributed by atoms with van der Waals surface area (Å²) < 4.78 is 29.7. The zero-order valence-corrected chi connectivity index (χ0v) is 20.1. The second-order valence-electron chi connectivity index (χ2n) is 9.99. The van der Waals surface area contributed by atoms with E-state index < -0.39 is 11.6 Å². The zero-order chi connectivity index (χ0) is 22.8. The fourth-order valence-electron chi connectivity index (χ4n) is 5.58. The Labute approximate surface area is 194 Å². The van der Waals surface area contributed by atoms with Crippen molar-refractivity contribution < 1.29 is 8.78 Å². The molecular formula is C30H42F2. The van der Waals surface area contributed by atoms with E-state index in [9.17, 15) is 8.78 Å². The van der Waals surface area contributed by atoms with Crippen molar-refractivity contribution in [3.05, 3.63) is 71.4 Å². The van der Waals surface area contributed by atoms with Gasteiger partial charge < -0.3 is 0 Å². The van der Waals surface area contributed by atoms with Gasteiger partial charge in [0, 0.05) is 0 Å². The maximum atomic E-state index is 14.9. The number of hydrogen-bond acceptors (Lipinski definition) is 0. The molecular weight excluding hydrogens is 398 g/mol. The minimum absolute atomic E-state index is 0.172. The Bertz CT molecular complexity index is 780. The molecule has 3 rings (SSSR count). The van der Waals surface area contributed by atoms with Gasteiger partial charge in [-0.1, -0.05) is 61.8 Å². The third-order valence-corrected chi connectivity index (χ3v) is 7.60. The first kappa shape index (κ1) is 24.9. The van der Waals surface area contributed by atoms with Gasteiger partial charge in [0.2, 0.25) is 0 Å². The summed E-state index contributed by atoms with van der Waals surface area (Å²) in [7, 11) is 0. The molecule has 0 saturated heterocycles. The van der Waals surface area contributed by atoms with E-state index in [2.05, 4.69) is 31.7 Å². The van der Waals surface area contributed by atoms with Crippen LogP contribution >= 0.6 is 0 Å². The van der Waals surface area contributed by atoms with E-state index >= 15 is 0 Å². The summed E-state index contributed by atoms with van der Waals surface area (Å²) in [6.07, 6.45) is 23.9. The van der Waals surface area contributed by atoms with Gasteiger partial charge >= 0.3 is 0 Å². The molecule has 2 aliphatic rings. The maximum Gasteiger partial charge on any atom is 0.162 e. The van der Waals surface area contributed by atoms with E-state index in [0.717, 1.165) is 50.9 Å². The van der Waals surface area contributed by atoms with Crippen LogP contribution < -0.4 is 0 Å². The van der Waals surface area contributed by atoms with Crippen LogP contribution in [0.5, 0.6) is 0 Å². The van der Waals surface area contributed by atoms with Gasteiger partial charge in [0.25, 0.3) is 0 Å². The fourth-order valence-corrected chi connectivity index (χ4v) is 5.58. The van der Waals surface area contributed by atoms with Crippen LogP contribution in [0.2, 0.25) is 0 Å².